The summed E-state index contributed by atoms with van der Waals surface area (Å²) in [7, 11) is 0. The Morgan fingerprint density at radius 1 is 1.31 bits per heavy atom. The zero-order chi connectivity index (χ0) is 10.1. The first-order chi connectivity index (χ1) is 5.91. The average molecular weight is 186 g/mol. The molecule has 1 fully saturated rings. The van der Waals surface area contributed by atoms with Gasteiger partial charge in [0.1, 0.15) is 0 Å². The summed E-state index contributed by atoms with van der Waals surface area (Å²) in [6.07, 6.45) is 4.12. The molecule has 0 spiro atoms. The molecule has 1 aliphatic carbocycles. The van der Waals surface area contributed by atoms with Crippen molar-refractivity contribution < 1.29 is 10.2 Å². The number of hydrogen-bond acceptors (Lipinski definition) is 2. The topological polar surface area (TPSA) is 40.5 Å². The van der Waals surface area contributed by atoms with Crippen molar-refractivity contribution in [1.29, 1.82) is 0 Å². The van der Waals surface area contributed by atoms with Crippen LogP contribution >= 0.6 is 0 Å². The van der Waals surface area contributed by atoms with Crippen LogP contribution in [0.4, 0.5) is 0 Å². The lowest BCUT2D eigenvalue weighted by Gasteiger charge is -2.37. The average Bonchev–Trinajstić information content (AvgIpc) is 2.03. The van der Waals surface area contributed by atoms with Crippen LogP contribution in [0.3, 0.4) is 0 Å². The Kier molecular flexibility index (Phi) is 3.36. The minimum absolute atomic E-state index is 0.217. The van der Waals surface area contributed by atoms with Crippen LogP contribution in [0, 0.1) is 11.8 Å². The molecule has 13 heavy (non-hydrogen) atoms. The predicted octanol–water partition coefficient (Wildman–Crippen LogP) is 1.94. The van der Waals surface area contributed by atoms with E-state index in [-0.39, 0.29) is 6.10 Å². The highest BCUT2D eigenvalue weighted by atomic mass is 16.3. The van der Waals surface area contributed by atoms with Gasteiger partial charge in [-0.15, -0.1) is 0 Å². The summed E-state index contributed by atoms with van der Waals surface area (Å²) >= 11 is 0. The highest BCUT2D eigenvalue weighted by Crippen LogP contribution is 2.36. The fourth-order valence-electron chi connectivity index (χ4n) is 2.31. The lowest BCUT2D eigenvalue weighted by Crippen LogP contribution is -2.37. The predicted molar refractivity (Wildman–Crippen MR) is 53.4 cm³/mol. The third kappa shape index (κ3) is 2.96. The first kappa shape index (κ1) is 11.0. The highest BCUT2D eigenvalue weighted by molar-refractivity contribution is 4.84. The second-order valence-electron chi connectivity index (χ2n) is 5.02. The highest BCUT2D eigenvalue weighted by Gasteiger charge is 2.33. The zero-order valence-electron chi connectivity index (χ0n) is 8.95. The minimum atomic E-state index is -0.576. The lowest BCUT2D eigenvalue weighted by atomic mass is 9.73. The Bertz CT molecular complexity index is 158. The molecule has 0 saturated heterocycles. The van der Waals surface area contributed by atoms with Crippen LogP contribution in [0.15, 0.2) is 0 Å². The number of aliphatic hydroxyl groups excluding tert-OH is 1. The normalized spacial score (nSPS) is 33.0. The van der Waals surface area contributed by atoms with Gasteiger partial charge in [0.2, 0.25) is 0 Å². The maximum atomic E-state index is 9.86. The molecular formula is C11H22O2. The molecule has 0 aromatic carbocycles. The zero-order valence-corrected chi connectivity index (χ0v) is 8.95. The van der Waals surface area contributed by atoms with Crippen molar-refractivity contribution in [2.45, 2.75) is 58.2 Å². The van der Waals surface area contributed by atoms with Gasteiger partial charge in [0, 0.05) is 0 Å². The molecule has 2 nitrogen and oxygen atoms in total. The molecule has 2 N–H and O–H groups in total. The van der Waals surface area contributed by atoms with Crippen molar-refractivity contribution in [3.8, 4) is 0 Å². The second kappa shape index (κ2) is 3.97. The minimum Gasteiger partial charge on any atom is -0.393 e. The van der Waals surface area contributed by atoms with Crippen molar-refractivity contribution in [2.24, 2.45) is 11.8 Å². The van der Waals surface area contributed by atoms with Crippen molar-refractivity contribution in [2.75, 3.05) is 0 Å². The maximum Gasteiger partial charge on any atom is 0.0619 e. The Morgan fingerprint density at radius 2 is 1.92 bits per heavy atom. The summed E-state index contributed by atoms with van der Waals surface area (Å²) in [5, 5.41) is 19.3. The summed E-state index contributed by atoms with van der Waals surface area (Å²) in [5.74, 6) is 0.756. The number of hydrogen-bond donors (Lipinski definition) is 2. The summed E-state index contributed by atoms with van der Waals surface area (Å²) in [5.41, 5.74) is -0.576. The van der Waals surface area contributed by atoms with Gasteiger partial charge in [-0.05, 0) is 51.9 Å². The van der Waals surface area contributed by atoms with Gasteiger partial charge in [-0.2, -0.15) is 0 Å². The van der Waals surface area contributed by atoms with E-state index in [2.05, 4.69) is 0 Å². The van der Waals surface area contributed by atoms with E-state index in [1.807, 2.05) is 20.8 Å². The van der Waals surface area contributed by atoms with Gasteiger partial charge in [0.15, 0.2) is 0 Å². The van der Waals surface area contributed by atoms with E-state index in [4.69, 9.17) is 0 Å². The Balaban J connectivity index is 2.52. The van der Waals surface area contributed by atoms with Gasteiger partial charge in [-0.3, -0.25) is 0 Å². The molecule has 3 unspecified atom stereocenters. The Labute approximate surface area is 81.0 Å². The maximum absolute atomic E-state index is 9.86. The molecule has 78 valence electrons. The molecule has 0 bridgehead atoms. The fraction of sp³-hybridized carbons (Fsp3) is 1.00. The SMILES string of the molecule is CC(O)C1CCCC(C(C)(C)O)C1. The molecule has 1 saturated carbocycles. The lowest BCUT2D eigenvalue weighted by molar-refractivity contribution is -0.0257. The number of rotatable bonds is 2. The van der Waals surface area contributed by atoms with Crippen LogP contribution in [0.25, 0.3) is 0 Å². The van der Waals surface area contributed by atoms with Crippen molar-refractivity contribution >= 4 is 0 Å². The van der Waals surface area contributed by atoms with Gasteiger partial charge < -0.3 is 10.2 Å². The molecule has 0 aromatic rings. The van der Waals surface area contributed by atoms with Crippen molar-refractivity contribution in [3.05, 3.63) is 0 Å². The van der Waals surface area contributed by atoms with Gasteiger partial charge in [-0.1, -0.05) is 6.42 Å². The van der Waals surface area contributed by atoms with Crippen molar-refractivity contribution in [1.82, 2.24) is 0 Å². The molecule has 0 heterocycles. The molecular weight excluding hydrogens is 164 g/mol. The van der Waals surface area contributed by atoms with E-state index in [9.17, 15) is 10.2 Å². The monoisotopic (exact) mass is 186 g/mol. The van der Waals surface area contributed by atoms with E-state index in [1.54, 1.807) is 0 Å². The fourth-order valence-corrected chi connectivity index (χ4v) is 2.31. The third-order valence-corrected chi connectivity index (χ3v) is 3.40. The first-order valence-corrected chi connectivity index (χ1v) is 5.31. The van der Waals surface area contributed by atoms with E-state index in [0.29, 0.717) is 11.8 Å². The number of aliphatic hydroxyl groups is 2. The Morgan fingerprint density at radius 3 is 2.38 bits per heavy atom. The summed E-state index contributed by atoms with van der Waals surface area (Å²) in [6.45, 7) is 5.61. The van der Waals surface area contributed by atoms with Gasteiger partial charge >= 0.3 is 0 Å². The van der Waals surface area contributed by atoms with E-state index < -0.39 is 5.60 Å². The molecule has 1 aliphatic rings. The third-order valence-electron chi connectivity index (χ3n) is 3.40. The molecule has 0 radical (unpaired) electrons. The van der Waals surface area contributed by atoms with Crippen LogP contribution in [0.5, 0.6) is 0 Å². The van der Waals surface area contributed by atoms with E-state index in [1.165, 1.54) is 0 Å². The van der Waals surface area contributed by atoms with Crippen LogP contribution in [-0.2, 0) is 0 Å². The molecule has 1 rings (SSSR count). The molecule has 0 amide bonds. The largest absolute Gasteiger partial charge is 0.393 e. The molecule has 2 heteroatoms. The molecule has 3 atom stereocenters. The standard InChI is InChI=1S/C11H22O2/c1-8(12)9-5-4-6-10(7-9)11(2,3)13/h8-10,12-13H,4-7H2,1-3H3. The van der Waals surface area contributed by atoms with E-state index >= 15 is 0 Å². The molecule has 0 aliphatic heterocycles. The second-order valence-corrected chi connectivity index (χ2v) is 5.02. The van der Waals surface area contributed by atoms with Crippen LogP contribution in [0.2, 0.25) is 0 Å². The van der Waals surface area contributed by atoms with Gasteiger partial charge in [0.25, 0.3) is 0 Å². The summed E-state index contributed by atoms with van der Waals surface area (Å²) in [6, 6.07) is 0. The van der Waals surface area contributed by atoms with Crippen LogP contribution in [0.1, 0.15) is 46.5 Å². The summed E-state index contributed by atoms with van der Waals surface area (Å²) < 4.78 is 0. The van der Waals surface area contributed by atoms with Crippen LogP contribution in [-0.4, -0.2) is 21.9 Å². The van der Waals surface area contributed by atoms with E-state index in [0.717, 1.165) is 25.7 Å². The Hall–Kier alpha value is -0.0800. The van der Waals surface area contributed by atoms with Gasteiger partial charge in [0.05, 0.1) is 11.7 Å². The quantitative estimate of drug-likeness (QED) is 0.692. The summed E-state index contributed by atoms with van der Waals surface area (Å²) in [4.78, 5) is 0. The van der Waals surface area contributed by atoms with Crippen molar-refractivity contribution in [3.63, 3.8) is 0 Å². The molecule has 0 aromatic heterocycles. The first-order valence-electron chi connectivity index (χ1n) is 5.31. The smallest absolute Gasteiger partial charge is 0.0619 e. The van der Waals surface area contributed by atoms with Gasteiger partial charge in [-0.25, -0.2) is 0 Å². The van der Waals surface area contributed by atoms with Crippen LogP contribution < -0.4 is 0 Å².